The Morgan fingerprint density at radius 3 is 2.80 bits per heavy atom. The second kappa shape index (κ2) is 5.82. The molecule has 1 saturated carbocycles. The summed E-state index contributed by atoms with van der Waals surface area (Å²) in [5.74, 6) is 0. The molecule has 110 valence electrons. The summed E-state index contributed by atoms with van der Waals surface area (Å²) in [5.41, 5.74) is 0.898. The summed E-state index contributed by atoms with van der Waals surface area (Å²) >= 11 is 12.1. The highest BCUT2D eigenvalue weighted by Gasteiger charge is 2.45. The standard InChI is InChI=1S/C15H19Cl2NO2/c16-11-2-3-12(13(17)8-11)14(19)9-18-6-7-20-10-15(18)4-1-5-15/h2-3,8,14,19H,1,4-7,9-10H2. The molecule has 5 heteroatoms. The van der Waals surface area contributed by atoms with E-state index in [1.807, 2.05) is 6.07 Å². The van der Waals surface area contributed by atoms with E-state index < -0.39 is 6.10 Å². The Labute approximate surface area is 129 Å². The van der Waals surface area contributed by atoms with Crippen molar-refractivity contribution in [3.63, 3.8) is 0 Å². The van der Waals surface area contributed by atoms with Crippen molar-refractivity contribution in [1.82, 2.24) is 4.90 Å². The van der Waals surface area contributed by atoms with Crippen LogP contribution in [0.3, 0.4) is 0 Å². The van der Waals surface area contributed by atoms with E-state index in [1.165, 1.54) is 6.42 Å². The predicted molar refractivity (Wildman–Crippen MR) is 80.4 cm³/mol. The van der Waals surface area contributed by atoms with Crippen molar-refractivity contribution in [3.05, 3.63) is 33.8 Å². The highest BCUT2D eigenvalue weighted by Crippen LogP contribution is 2.40. The first-order valence-electron chi connectivity index (χ1n) is 7.07. The molecule has 1 saturated heterocycles. The number of aliphatic hydroxyl groups is 1. The van der Waals surface area contributed by atoms with Gasteiger partial charge in [-0.2, -0.15) is 0 Å². The summed E-state index contributed by atoms with van der Waals surface area (Å²) in [5, 5.41) is 11.6. The summed E-state index contributed by atoms with van der Waals surface area (Å²) in [7, 11) is 0. The van der Waals surface area contributed by atoms with Crippen LogP contribution in [0.15, 0.2) is 18.2 Å². The van der Waals surface area contributed by atoms with Crippen molar-refractivity contribution in [3.8, 4) is 0 Å². The SMILES string of the molecule is OC(CN1CCOCC12CCC2)c1ccc(Cl)cc1Cl. The molecular weight excluding hydrogens is 297 g/mol. The van der Waals surface area contributed by atoms with Crippen molar-refractivity contribution in [2.24, 2.45) is 0 Å². The maximum absolute atomic E-state index is 10.5. The van der Waals surface area contributed by atoms with E-state index in [2.05, 4.69) is 4.90 Å². The van der Waals surface area contributed by atoms with E-state index in [0.29, 0.717) is 16.6 Å². The Balaban J connectivity index is 1.72. The molecule has 0 amide bonds. The number of hydrogen-bond acceptors (Lipinski definition) is 3. The minimum Gasteiger partial charge on any atom is -0.387 e. The number of aliphatic hydroxyl groups excluding tert-OH is 1. The van der Waals surface area contributed by atoms with Crippen molar-refractivity contribution in [2.75, 3.05) is 26.3 Å². The van der Waals surface area contributed by atoms with Crippen LogP contribution in [-0.4, -0.2) is 41.8 Å². The van der Waals surface area contributed by atoms with Gasteiger partial charge < -0.3 is 9.84 Å². The number of halogens is 2. The molecule has 20 heavy (non-hydrogen) atoms. The Morgan fingerprint density at radius 2 is 2.15 bits per heavy atom. The number of nitrogens with zero attached hydrogens (tertiary/aromatic N) is 1. The summed E-state index contributed by atoms with van der Waals surface area (Å²) in [4.78, 5) is 2.37. The predicted octanol–water partition coefficient (Wildman–Crippen LogP) is 3.28. The van der Waals surface area contributed by atoms with Crippen LogP contribution < -0.4 is 0 Å². The van der Waals surface area contributed by atoms with Crippen molar-refractivity contribution < 1.29 is 9.84 Å². The van der Waals surface area contributed by atoms with E-state index in [4.69, 9.17) is 27.9 Å². The van der Waals surface area contributed by atoms with Crippen LogP contribution in [0.4, 0.5) is 0 Å². The topological polar surface area (TPSA) is 32.7 Å². The van der Waals surface area contributed by atoms with E-state index >= 15 is 0 Å². The monoisotopic (exact) mass is 315 g/mol. The summed E-state index contributed by atoms with van der Waals surface area (Å²) in [6.07, 6.45) is 2.98. The van der Waals surface area contributed by atoms with Gasteiger partial charge in [-0.05, 0) is 31.4 Å². The largest absolute Gasteiger partial charge is 0.387 e. The molecule has 0 aromatic heterocycles. The first kappa shape index (κ1) is 14.6. The van der Waals surface area contributed by atoms with E-state index in [9.17, 15) is 5.11 Å². The summed E-state index contributed by atoms with van der Waals surface area (Å²) in [6.45, 7) is 3.00. The van der Waals surface area contributed by atoms with Gasteiger partial charge in [0.05, 0.1) is 19.3 Å². The zero-order valence-corrected chi connectivity index (χ0v) is 12.8. The van der Waals surface area contributed by atoms with Crippen LogP contribution in [0.1, 0.15) is 30.9 Å². The fourth-order valence-electron chi connectivity index (χ4n) is 3.17. The normalized spacial score (nSPS) is 23.6. The van der Waals surface area contributed by atoms with Gasteiger partial charge in [-0.1, -0.05) is 29.3 Å². The number of ether oxygens (including phenoxy) is 1. The van der Waals surface area contributed by atoms with Gasteiger partial charge >= 0.3 is 0 Å². The van der Waals surface area contributed by atoms with Crippen molar-refractivity contribution >= 4 is 23.2 Å². The molecule has 1 atom stereocenters. The van der Waals surface area contributed by atoms with Gasteiger partial charge in [0.1, 0.15) is 0 Å². The molecule has 1 N–H and O–H groups in total. The van der Waals surface area contributed by atoms with Crippen LogP contribution in [-0.2, 0) is 4.74 Å². The lowest BCUT2D eigenvalue weighted by molar-refractivity contribution is -0.118. The molecule has 2 fully saturated rings. The number of β-amino-alcohol motifs (C(OH)–C–C–N with tert-alkyl or cyclic N) is 1. The lowest BCUT2D eigenvalue weighted by atomic mass is 9.75. The molecule has 3 nitrogen and oxygen atoms in total. The van der Waals surface area contributed by atoms with Crippen LogP contribution in [0.25, 0.3) is 0 Å². The molecule has 1 spiro atoms. The van der Waals surface area contributed by atoms with Gasteiger partial charge in [0.15, 0.2) is 0 Å². The first-order chi connectivity index (χ1) is 9.61. The van der Waals surface area contributed by atoms with Crippen LogP contribution in [0.2, 0.25) is 10.0 Å². The Bertz CT molecular complexity index is 491. The molecule has 1 aromatic rings. The lowest BCUT2D eigenvalue weighted by Gasteiger charge is -2.53. The van der Waals surface area contributed by atoms with E-state index in [-0.39, 0.29) is 5.54 Å². The molecule has 1 unspecified atom stereocenters. The molecule has 0 bridgehead atoms. The Kier molecular flexibility index (Phi) is 4.25. The second-order valence-electron chi connectivity index (χ2n) is 5.76. The number of benzene rings is 1. The number of hydrogen-bond donors (Lipinski definition) is 1. The van der Waals surface area contributed by atoms with E-state index in [1.54, 1.807) is 12.1 Å². The Hall–Kier alpha value is -0.320. The smallest absolute Gasteiger partial charge is 0.0931 e. The highest BCUT2D eigenvalue weighted by molar-refractivity contribution is 6.35. The van der Waals surface area contributed by atoms with Gasteiger partial charge in [0.25, 0.3) is 0 Å². The third-order valence-electron chi connectivity index (χ3n) is 4.55. The zero-order chi connectivity index (χ0) is 14.2. The quantitative estimate of drug-likeness (QED) is 0.929. The highest BCUT2D eigenvalue weighted by atomic mass is 35.5. The van der Waals surface area contributed by atoms with Crippen molar-refractivity contribution in [2.45, 2.75) is 30.9 Å². The maximum Gasteiger partial charge on any atom is 0.0931 e. The third kappa shape index (κ3) is 2.70. The van der Waals surface area contributed by atoms with Gasteiger partial charge in [-0.15, -0.1) is 0 Å². The molecule has 1 aliphatic heterocycles. The second-order valence-corrected chi connectivity index (χ2v) is 6.60. The molecule has 3 rings (SSSR count). The molecule has 0 radical (unpaired) electrons. The van der Waals surface area contributed by atoms with Crippen LogP contribution in [0, 0.1) is 0 Å². The minimum atomic E-state index is -0.588. The summed E-state index contributed by atoms with van der Waals surface area (Å²) in [6, 6.07) is 5.26. The van der Waals surface area contributed by atoms with Crippen molar-refractivity contribution in [1.29, 1.82) is 0 Å². The first-order valence-corrected chi connectivity index (χ1v) is 7.82. The number of rotatable bonds is 3. The average molecular weight is 316 g/mol. The molecule has 1 aromatic carbocycles. The van der Waals surface area contributed by atoms with Gasteiger partial charge in [-0.25, -0.2) is 0 Å². The Morgan fingerprint density at radius 1 is 1.35 bits per heavy atom. The van der Waals surface area contributed by atoms with Gasteiger partial charge in [-0.3, -0.25) is 4.90 Å². The maximum atomic E-state index is 10.5. The van der Waals surface area contributed by atoms with Crippen LogP contribution >= 0.6 is 23.2 Å². The number of morpholine rings is 1. The average Bonchev–Trinajstić information content (AvgIpc) is 2.37. The van der Waals surface area contributed by atoms with Crippen LogP contribution in [0.5, 0.6) is 0 Å². The molecule has 1 aliphatic carbocycles. The van der Waals surface area contributed by atoms with Gasteiger partial charge in [0.2, 0.25) is 0 Å². The molecule has 1 heterocycles. The van der Waals surface area contributed by atoms with E-state index in [0.717, 1.165) is 38.2 Å². The van der Waals surface area contributed by atoms with Gasteiger partial charge in [0, 0.05) is 34.2 Å². The fraction of sp³-hybridized carbons (Fsp3) is 0.600. The molecule has 2 aliphatic rings. The zero-order valence-electron chi connectivity index (χ0n) is 11.3. The third-order valence-corrected chi connectivity index (χ3v) is 5.11. The summed E-state index contributed by atoms with van der Waals surface area (Å²) < 4.78 is 5.62. The lowest BCUT2D eigenvalue weighted by Crippen LogP contribution is -2.61. The fourth-order valence-corrected chi connectivity index (χ4v) is 3.71. The minimum absolute atomic E-state index is 0.151. The molecular formula is C15H19Cl2NO2.